The zero-order chi connectivity index (χ0) is 13.4. The van der Waals surface area contributed by atoms with Crippen molar-refractivity contribution in [3.05, 3.63) is 0 Å². The van der Waals surface area contributed by atoms with E-state index in [-0.39, 0.29) is 11.4 Å². The van der Waals surface area contributed by atoms with E-state index < -0.39 is 5.72 Å². The van der Waals surface area contributed by atoms with Gasteiger partial charge in [0.2, 0.25) is 0 Å². The summed E-state index contributed by atoms with van der Waals surface area (Å²) in [6.07, 6.45) is 5.46. The van der Waals surface area contributed by atoms with Crippen LogP contribution in [0.25, 0.3) is 0 Å². The fraction of sp³-hybridized carbons (Fsp3) is 0.929. The van der Waals surface area contributed by atoms with Gasteiger partial charge in [-0.2, -0.15) is 0 Å². The summed E-state index contributed by atoms with van der Waals surface area (Å²) in [5.41, 5.74) is -1.68. The molecular weight excluding hydrogens is 228 g/mol. The van der Waals surface area contributed by atoms with E-state index >= 15 is 0 Å². The van der Waals surface area contributed by atoms with E-state index in [4.69, 9.17) is 0 Å². The van der Waals surface area contributed by atoms with Gasteiger partial charge in [0.05, 0.1) is 0 Å². The summed E-state index contributed by atoms with van der Waals surface area (Å²) in [6.45, 7) is 6.56. The van der Waals surface area contributed by atoms with Gasteiger partial charge in [0.1, 0.15) is 0 Å². The van der Waals surface area contributed by atoms with Crippen LogP contribution < -0.4 is 10.6 Å². The number of amides is 1. The molecule has 2 fully saturated rings. The van der Waals surface area contributed by atoms with Gasteiger partial charge in [-0.3, -0.25) is 10.1 Å². The molecule has 1 saturated carbocycles. The molecule has 18 heavy (non-hydrogen) atoms. The van der Waals surface area contributed by atoms with Crippen molar-refractivity contribution in [2.24, 2.45) is 11.8 Å². The van der Waals surface area contributed by atoms with E-state index in [0.29, 0.717) is 18.3 Å². The van der Waals surface area contributed by atoms with Crippen molar-refractivity contribution in [1.29, 1.82) is 0 Å². The minimum atomic E-state index is -1.37. The van der Waals surface area contributed by atoms with Crippen molar-refractivity contribution in [3.8, 4) is 0 Å². The Bertz CT molecular complexity index is 324. The summed E-state index contributed by atoms with van der Waals surface area (Å²) in [6, 6.07) is 0. The minimum Gasteiger partial charge on any atom is -0.367 e. The molecule has 4 heteroatoms. The second kappa shape index (κ2) is 4.82. The summed E-state index contributed by atoms with van der Waals surface area (Å²) in [7, 11) is 0. The molecule has 1 saturated heterocycles. The zero-order valence-corrected chi connectivity index (χ0v) is 11.8. The second-order valence-electron chi connectivity index (χ2n) is 6.95. The van der Waals surface area contributed by atoms with Gasteiger partial charge >= 0.3 is 0 Å². The Morgan fingerprint density at radius 1 is 1.28 bits per heavy atom. The molecule has 3 unspecified atom stereocenters. The molecule has 0 spiro atoms. The Morgan fingerprint density at radius 3 is 2.50 bits per heavy atom. The highest BCUT2D eigenvalue weighted by atomic mass is 16.3. The van der Waals surface area contributed by atoms with Gasteiger partial charge in [-0.05, 0) is 45.4 Å². The van der Waals surface area contributed by atoms with Crippen molar-refractivity contribution in [3.63, 3.8) is 0 Å². The van der Waals surface area contributed by atoms with Crippen LogP contribution >= 0.6 is 0 Å². The van der Waals surface area contributed by atoms with Crippen molar-refractivity contribution in [2.75, 3.05) is 6.54 Å². The molecular formula is C14H26N2O2. The van der Waals surface area contributed by atoms with Gasteiger partial charge < -0.3 is 10.4 Å². The number of piperidine rings is 1. The quantitative estimate of drug-likeness (QED) is 0.662. The molecule has 1 aliphatic carbocycles. The number of carbonyl (C=O) groups excluding carboxylic acids is 1. The van der Waals surface area contributed by atoms with Gasteiger partial charge in [0.15, 0.2) is 5.72 Å². The smallest absolute Gasteiger partial charge is 0.267 e. The van der Waals surface area contributed by atoms with Gasteiger partial charge in [0.25, 0.3) is 5.91 Å². The maximum absolute atomic E-state index is 12.2. The predicted molar refractivity (Wildman–Crippen MR) is 70.9 cm³/mol. The highest BCUT2D eigenvalue weighted by molar-refractivity contribution is 5.85. The summed E-state index contributed by atoms with van der Waals surface area (Å²) in [5.74, 6) is 0.858. The van der Waals surface area contributed by atoms with Crippen molar-refractivity contribution >= 4 is 5.91 Å². The van der Waals surface area contributed by atoms with Crippen LogP contribution in [0.1, 0.15) is 52.9 Å². The number of hydrogen-bond donors (Lipinski definition) is 3. The topological polar surface area (TPSA) is 61.4 Å². The number of hydrogen-bond acceptors (Lipinski definition) is 3. The van der Waals surface area contributed by atoms with E-state index in [9.17, 15) is 9.90 Å². The lowest BCUT2D eigenvalue weighted by molar-refractivity contribution is -0.153. The molecule has 104 valence electrons. The summed E-state index contributed by atoms with van der Waals surface area (Å²) >= 11 is 0. The molecule has 0 bridgehead atoms. The van der Waals surface area contributed by atoms with Gasteiger partial charge in [-0.15, -0.1) is 0 Å². The Labute approximate surface area is 110 Å². The Balaban J connectivity index is 2.01. The number of fused-ring (bicyclic) bond motifs is 1. The molecule has 0 aromatic carbocycles. The van der Waals surface area contributed by atoms with Gasteiger partial charge in [0, 0.05) is 18.5 Å². The number of aliphatic hydroxyl groups is 1. The molecule has 1 heterocycles. The Morgan fingerprint density at radius 2 is 1.89 bits per heavy atom. The lowest BCUT2D eigenvalue weighted by atomic mass is 9.72. The largest absolute Gasteiger partial charge is 0.367 e. The molecule has 1 amide bonds. The van der Waals surface area contributed by atoms with Crippen LogP contribution in [0.5, 0.6) is 0 Å². The molecule has 2 rings (SSSR count). The molecule has 1 aliphatic heterocycles. The van der Waals surface area contributed by atoms with Crippen molar-refractivity contribution in [2.45, 2.75) is 64.1 Å². The third-order valence-corrected chi connectivity index (χ3v) is 4.14. The summed E-state index contributed by atoms with van der Waals surface area (Å²) in [4.78, 5) is 12.2. The molecule has 0 radical (unpaired) electrons. The predicted octanol–water partition coefficient (Wildman–Crippen LogP) is 1.39. The SMILES string of the molecule is CC(C)(C)NC(=O)C1(O)CC2CCCCC2CN1. The lowest BCUT2D eigenvalue weighted by Crippen LogP contribution is -2.65. The number of carbonyl (C=O) groups is 1. The van der Waals surface area contributed by atoms with Crippen LogP contribution in [0.3, 0.4) is 0 Å². The maximum Gasteiger partial charge on any atom is 0.267 e. The first-order valence-electron chi connectivity index (χ1n) is 7.10. The average molecular weight is 254 g/mol. The average Bonchev–Trinajstić information content (AvgIpc) is 2.26. The molecule has 2 aliphatic rings. The third-order valence-electron chi connectivity index (χ3n) is 4.14. The summed E-state index contributed by atoms with van der Waals surface area (Å²) in [5, 5.41) is 16.5. The third kappa shape index (κ3) is 3.04. The molecule has 4 nitrogen and oxygen atoms in total. The number of nitrogens with one attached hydrogen (secondary N) is 2. The highest BCUT2D eigenvalue weighted by Gasteiger charge is 2.45. The normalized spacial score (nSPS) is 36.9. The van der Waals surface area contributed by atoms with E-state index in [1.807, 2.05) is 20.8 Å². The Kier molecular flexibility index (Phi) is 3.70. The van der Waals surface area contributed by atoms with Crippen LogP contribution in [-0.2, 0) is 4.79 Å². The fourth-order valence-corrected chi connectivity index (χ4v) is 3.19. The first-order chi connectivity index (χ1) is 8.30. The van der Waals surface area contributed by atoms with E-state index in [1.54, 1.807) is 0 Å². The van der Waals surface area contributed by atoms with Crippen LogP contribution in [0.4, 0.5) is 0 Å². The van der Waals surface area contributed by atoms with Crippen LogP contribution in [-0.4, -0.2) is 28.8 Å². The molecule has 3 N–H and O–H groups in total. The van der Waals surface area contributed by atoms with Gasteiger partial charge in [-0.1, -0.05) is 12.8 Å². The second-order valence-corrected chi connectivity index (χ2v) is 6.95. The van der Waals surface area contributed by atoms with Crippen LogP contribution in [0.2, 0.25) is 0 Å². The maximum atomic E-state index is 12.2. The van der Waals surface area contributed by atoms with Crippen LogP contribution in [0.15, 0.2) is 0 Å². The van der Waals surface area contributed by atoms with E-state index in [2.05, 4.69) is 10.6 Å². The monoisotopic (exact) mass is 254 g/mol. The minimum absolute atomic E-state index is 0.279. The first-order valence-corrected chi connectivity index (χ1v) is 7.10. The fourth-order valence-electron chi connectivity index (χ4n) is 3.19. The van der Waals surface area contributed by atoms with Crippen LogP contribution in [0, 0.1) is 11.8 Å². The Hall–Kier alpha value is -0.610. The molecule has 3 atom stereocenters. The highest BCUT2D eigenvalue weighted by Crippen LogP contribution is 2.38. The molecule has 0 aromatic heterocycles. The zero-order valence-electron chi connectivity index (χ0n) is 11.8. The van der Waals surface area contributed by atoms with E-state index in [0.717, 1.165) is 13.0 Å². The lowest BCUT2D eigenvalue weighted by Gasteiger charge is -2.44. The van der Waals surface area contributed by atoms with Crippen molar-refractivity contribution in [1.82, 2.24) is 10.6 Å². The summed E-state index contributed by atoms with van der Waals surface area (Å²) < 4.78 is 0. The van der Waals surface area contributed by atoms with Crippen molar-refractivity contribution < 1.29 is 9.90 Å². The number of rotatable bonds is 1. The first kappa shape index (κ1) is 13.8. The van der Waals surface area contributed by atoms with Gasteiger partial charge in [-0.25, -0.2) is 0 Å². The molecule has 0 aromatic rings. The van der Waals surface area contributed by atoms with E-state index in [1.165, 1.54) is 19.3 Å². The standard InChI is InChI=1S/C14H26N2O2/c1-13(2,3)16-12(17)14(18)8-10-6-4-5-7-11(10)9-15-14/h10-11,15,18H,4-9H2,1-3H3,(H,16,17).